The fraction of sp³-hybridized carbons (Fsp3) is 0.400. The summed E-state index contributed by atoms with van der Waals surface area (Å²) in [7, 11) is 0. The van der Waals surface area contributed by atoms with Crippen LogP contribution in [0.3, 0.4) is 0 Å². The molecule has 9 heteroatoms. The molecule has 4 rings (SSSR count). The van der Waals surface area contributed by atoms with Crippen LogP contribution in [0.4, 0.5) is 11.5 Å². The SMILES string of the molecule is Nc1c(N2CCC(Cn3ccnn3)CC2)ncnc1-n1cccn1. The van der Waals surface area contributed by atoms with Crippen molar-refractivity contribution in [2.75, 3.05) is 23.7 Å². The maximum Gasteiger partial charge on any atom is 0.181 e. The summed E-state index contributed by atoms with van der Waals surface area (Å²) in [6.07, 6.45) is 10.8. The van der Waals surface area contributed by atoms with E-state index in [4.69, 9.17) is 5.73 Å². The van der Waals surface area contributed by atoms with Gasteiger partial charge in [0.1, 0.15) is 12.0 Å². The first-order valence-electron chi connectivity index (χ1n) is 8.01. The smallest absolute Gasteiger partial charge is 0.181 e. The van der Waals surface area contributed by atoms with Crippen LogP contribution in [0.15, 0.2) is 37.2 Å². The van der Waals surface area contributed by atoms with E-state index in [2.05, 4.69) is 30.3 Å². The topological polar surface area (TPSA) is 104 Å². The van der Waals surface area contributed by atoms with Crippen molar-refractivity contribution in [3.63, 3.8) is 0 Å². The first-order valence-corrected chi connectivity index (χ1v) is 8.01. The summed E-state index contributed by atoms with van der Waals surface area (Å²) in [5.41, 5.74) is 6.87. The molecule has 0 bridgehead atoms. The quantitative estimate of drug-likeness (QED) is 0.755. The molecular weight excluding hydrogens is 306 g/mol. The molecule has 2 N–H and O–H groups in total. The van der Waals surface area contributed by atoms with Gasteiger partial charge in [-0.1, -0.05) is 5.21 Å². The van der Waals surface area contributed by atoms with Crippen molar-refractivity contribution in [2.45, 2.75) is 19.4 Å². The van der Waals surface area contributed by atoms with Gasteiger partial charge in [-0.15, -0.1) is 5.10 Å². The summed E-state index contributed by atoms with van der Waals surface area (Å²) in [6, 6.07) is 1.84. The number of hydrogen-bond donors (Lipinski definition) is 1. The first-order chi connectivity index (χ1) is 11.8. The lowest BCUT2D eigenvalue weighted by Crippen LogP contribution is -2.36. The highest BCUT2D eigenvalue weighted by molar-refractivity contribution is 5.70. The van der Waals surface area contributed by atoms with Gasteiger partial charge < -0.3 is 10.6 Å². The molecular formula is C15H19N9. The van der Waals surface area contributed by atoms with Gasteiger partial charge in [0.25, 0.3) is 0 Å². The summed E-state index contributed by atoms with van der Waals surface area (Å²) in [5.74, 6) is 2.00. The van der Waals surface area contributed by atoms with Crippen LogP contribution in [0.5, 0.6) is 0 Å². The molecule has 3 aromatic rings. The second-order valence-corrected chi connectivity index (χ2v) is 5.94. The summed E-state index contributed by atoms with van der Waals surface area (Å²) < 4.78 is 3.56. The molecule has 0 unspecified atom stereocenters. The van der Waals surface area contributed by atoms with E-state index in [-0.39, 0.29) is 0 Å². The third kappa shape index (κ3) is 2.80. The first kappa shape index (κ1) is 14.6. The Morgan fingerprint density at radius 3 is 2.62 bits per heavy atom. The van der Waals surface area contributed by atoms with Crippen LogP contribution >= 0.6 is 0 Å². The Morgan fingerprint density at radius 2 is 1.92 bits per heavy atom. The average Bonchev–Trinajstić information content (AvgIpc) is 3.30. The Kier molecular flexibility index (Phi) is 3.81. The zero-order valence-corrected chi connectivity index (χ0v) is 13.2. The molecule has 0 radical (unpaired) electrons. The number of nitrogen functional groups attached to an aromatic ring is 1. The van der Waals surface area contributed by atoms with Gasteiger partial charge in [0, 0.05) is 38.2 Å². The van der Waals surface area contributed by atoms with Gasteiger partial charge in [0.15, 0.2) is 11.6 Å². The molecule has 0 amide bonds. The fourth-order valence-corrected chi connectivity index (χ4v) is 3.13. The maximum absolute atomic E-state index is 6.30. The predicted molar refractivity (Wildman–Crippen MR) is 88.5 cm³/mol. The van der Waals surface area contributed by atoms with E-state index >= 15 is 0 Å². The monoisotopic (exact) mass is 325 g/mol. The highest BCUT2D eigenvalue weighted by Gasteiger charge is 2.23. The van der Waals surface area contributed by atoms with E-state index in [9.17, 15) is 0 Å². The van der Waals surface area contributed by atoms with Crippen LogP contribution in [-0.4, -0.2) is 47.8 Å². The van der Waals surface area contributed by atoms with Crippen molar-refractivity contribution in [1.82, 2.24) is 34.7 Å². The van der Waals surface area contributed by atoms with E-state index in [1.165, 1.54) is 0 Å². The van der Waals surface area contributed by atoms with Crippen molar-refractivity contribution < 1.29 is 0 Å². The van der Waals surface area contributed by atoms with E-state index in [0.717, 1.165) is 38.3 Å². The molecule has 0 aromatic carbocycles. The lowest BCUT2D eigenvalue weighted by Gasteiger charge is -2.33. The third-order valence-electron chi connectivity index (χ3n) is 4.39. The number of nitrogens with two attached hydrogens (primary N) is 1. The molecule has 1 aliphatic heterocycles. The Bertz CT molecular complexity index is 773. The maximum atomic E-state index is 6.30. The fourth-order valence-electron chi connectivity index (χ4n) is 3.13. The van der Waals surface area contributed by atoms with Gasteiger partial charge in [-0.05, 0) is 24.8 Å². The van der Waals surface area contributed by atoms with Gasteiger partial charge >= 0.3 is 0 Å². The van der Waals surface area contributed by atoms with Crippen molar-refractivity contribution in [3.05, 3.63) is 37.2 Å². The van der Waals surface area contributed by atoms with Gasteiger partial charge in [0.2, 0.25) is 0 Å². The Morgan fingerprint density at radius 1 is 1.08 bits per heavy atom. The summed E-state index contributed by atoms with van der Waals surface area (Å²) in [6.45, 7) is 2.74. The molecule has 4 heterocycles. The molecule has 24 heavy (non-hydrogen) atoms. The second-order valence-electron chi connectivity index (χ2n) is 5.94. The molecule has 3 aromatic heterocycles. The Labute approximate surface area is 139 Å². The van der Waals surface area contributed by atoms with Crippen molar-refractivity contribution in [1.29, 1.82) is 0 Å². The standard InChI is InChI=1S/C15H19N9/c16-13-14(17-11-18-15(13)24-6-1-4-20-24)22-7-2-12(3-8-22)10-23-9-5-19-21-23/h1,4-6,9,11-12H,2-3,7-8,10,16H2. The molecule has 124 valence electrons. The van der Waals surface area contributed by atoms with E-state index in [1.807, 2.05) is 23.1 Å². The van der Waals surface area contributed by atoms with Crippen LogP contribution in [0.25, 0.3) is 5.82 Å². The minimum atomic E-state index is 0.566. The normalized spacial score (nSPS) is 15.8. The summed E-state index contributed by atoms with van der Waals surface area (Å²) in [4.78, 5) is 10.9. The van der Waals surface area contributed by atoms with E-state index < -0.39 is 0 Å². The molecule has 1 fully saturated rings. The van der Waals surface area contributed by atoms with Gasteiger partial charge in [0.05, 0.1) is 6.20 Å². The van der Waals surface area contributed by atoms with Crippen molar-refractivity contribution in [2.24, 2.45) is 5.92 Å². The van der Waals surface area contributed by atoms with Crippen LogP contribution in [0, 0.1) is 5.92 Å². The Balaban J connectivity index is 1.47. The lowest BCUT2D eigenvalue weighted by molar-refractivity contribution is 0.338. The molecule has 9 nitrogen and oxygen atoms in total. The average molecular weight is 325 g/mol. The number of rotatable bonds is 4. The largest absolute Gasteiger partial charge is 0.393 e. The lowest BCUT2D eigenvalue weighted by atomic mass is 9.97. The van der Waals surface area contributed by atoms with Crippen LogP contribution in [0.2, 0.25) is 0 Å². The zero-order valence-electron chi connectivity index (χ0n) is 13.2. The van der Waals surface area contributed by atoms with Crippen LogP contribution in [0.1, 0.15) is 12.8 Å². The van der Waals surface area contributed by atoms with Gasteiger partial charge in [-0.3, -0.25) is 4.68 Å². The highest BCUT2D eigenvalue weighted by atomic mass is 15.4. The number of anilines is 2. The predicted octanol–water partition coefficient (Wildman–Crippen LogP) is 0.753. The number of piperidine rings is 1. The molecule has 0 atom stereocenters. The van der Waals surface area contributed by atoms with Crippen LogP contribution < -0.4 is 10.6 Å². The van der Waals surface area contributed by atoms with Gasteiger partial charge in [-0.25, -0.2) is 14.6 Å². The van der Waals surface area contributed by atoms with Crippen LogP contribution in [-0.2, 0) is 6.54 Å². The van der Waals surface area contributed by atoms with Gasteiger partial charge in [-0.2, -0.15) is 5.10 Å². The Hall–Kier alpha value is -2.97. The highest BCUT2D eigenvalue weighted by Crippen LogP contribution is 2.29. The number of hydrogen-bond acceptors (Lipinski definition) is 7. The molecule has 0 aliphatic carbocycles. The van der Waals surface area contributed by atoms with E-state index in [0.29, 0.717) is 17.4 Å². The third-order valence-corrected chi connectivity index (χ3v) is 4.39. The number of nitrogens with zero attached hydrogens (tertiary/aromatic N) is 8. The summed E-state index contributed by atoms with van der Waals surface area (Å²) in [5, 5.41) is 12.1. The van der Waals surface area contributed by atoms with Crippen molar-refractivity contribution in [3.8, 4) is 5.82 Å². The van der Waals surface area contributed by atoms with Crippen molar-refractivity contribution >= 4 is 11.5 Å². The van der Waals surface area contributed by atoms with E-state index in [1.54, 1.807) is 23.4 Å². The molecule has 0 saturated carbocycles. The molecule has 1 aliphatic rings. The minimum Gasteiger partial charge on any atom is -0.393 e. The minimum absolute atomic E-state index is 0.566. The molecule has 1 saturated heterocycles. The summed E-state index contributed by atoms with van der Waals surface area (Å²) >= 11 is 0. The molecule has 0 spiro atoms. The zero-order chi connectivity index (χ0) is 16.4. The number of aromatic nitrogens is 7. The second kappa shape index (κ2) is 6.26.